The number of hydrogen-bond donors (Lipinski definition) is 2. The Balaban J connectivity index is 1.97. The van der Waals surface area contributed by atoms with Crippen molar-refractivity contribution in [3.05, 3.63) is 95.8 Å². The average Bonchev–Trinajstić information content (AvgIpc) is 3.01. The SMILES string of the molecule is C=C/C=C\C(=C/C)CC(NC(=O)[C@@]1(C)C=C(C(=O)N(C)Cc2ccccc2)C=C(N(C)S(C)(=O)=O)C1)C([OH2+])C1CCCCN1. The highest BCUT2D eigenvalue weighted by molar-refractivity contribution is 7.88. The first-order chi connectivity index (χ1) is 20.8. The summed E-state index contributed by atoms with van der Waals surface area (Å²) in [7, 11) is -0.539. The van der Waals surface area contributed by atoms with Crippen LogP contribution in [0.5, 0.6) is 0 Å². The molecule has 0 bridgehead atoms. The number of benzene rings is 1. The smallest absolute Gasteiger partial charge is 0.253 e. The zero-order chi connectivity index (χ0) is 32.5. The molecule has 3 rings (SSSR count). The first kappa shape index (κ1) is 35.0. The molecule has 4 atom stereocenters. The van der Waals surface area contributed by atoms with Crippen molar-refractivity contribution in [2.24, 2.45) is 5.41 Å². The van der Waals surface area contributed by atoms with E-state index >= 15 is 0 Å². The average molecular weight is 626 g/mol. The molecular weight excluding hydrogens is 576 g/mol. The van der Waals surface area contributed by atoms with E-state index in [0.717, 1.165) is 47.5 Å². The topological polar surface area (TPSA) is 122 Å². The molecular formula is C34H49N4O5S+. The lowest BCUT2D eigenvalue weighted by atomic mass is 9.78. The maximum Gasteiger partial charge on any atom is 0.253 e. The Morgan fingerprint density at radius 3 is 2.52 bits per heavy atom. The molecule has 0 radical (unpaired) electrons. The molecule has 0 saturated carbocycles. The number of amides is 2. The van der Waals surface area contributed by atoms with E-state index in [2.05, 4.69) is 17.2 Å². The summed E-state index contributed by atoms with van der Waals surface area (Å²) in [4.78, 5) is 29.5. The first-order valence-corrected chi connectivity index (χ1v) is 17.0. The Kier molecular flexibility index (Phi) is 12.3. The predicted octanol–water partition coefficient (Wildman–Crippen LogP) is 3.56. The van der Waals surface area contributed by atoms with E-state index in [1.807, 2.05) is 55.5 Å². The summed E-state index contributed by atoms with van der Waals surface area (Å²) in [6.07, 6.45) is 14.5. The first-order valence-electron chi connectivity index (χ1n) is 15.2. The van der Waals surface area contributed by atoms with Crippen molar-refractivity contribution >= 4 is 21.8 Å². The van der Waals surface area contributed by atoms with E-state index in [1.54, 1.807) is 37.1 Å². The Bertz CT molecular complexity index is 1410. The molecule has 1 aromatic carbocycles. The zero-order valence-electron chi connectivity index (χ0n) is 26.7. The van der Waals surface area contributed by atoms with Gasteiger partial charge in [-0.05, 0) is 50.4 Å². The lowest BCUT2D eigenvalue weighted by Crippen LogP contribution is -2.56. The highest BCUT2D eigenvalue weighted by Crippen LogP contribution is 2.37. The monoisotopic (exact) mass is 625 g/mol. The fraction of sp³-hybridized carbons (Fsp3) is 0.471. The van der Waals surface area contributed by atoms with Gasteiger partial charge in [-0.25, -0.2) is 8.42 Å². The van der Waals surface area contributed by atoms with Crippen LogP contribution in [0.25, 0.3) is 0 Å². The molecule has 2 aliphatic rings. The van der Waals surface area contributed by atoms with Crippen LogP contribution >= 0.6 is 0 Å². The van der Waals surface area contributed by atoms with E-state index in [-0.39, 0.29) is 29.9 Å². The highest BCUT2D eigenvalue weighted by Gasteiger charge is 2.42. The Labute approximate surface area is 263 Å². The normalized spacial score (nSPS) is 22.4. The van der Waals surface area contributed by atoms with Crippen molar-refractivity contribution in [2.75, 3.05) is 26.9 Å². The minimum Gasteiger partial charge on any atom is -0.441 e. The quantitative estimate of drug-likeness (QED) is 0.257. The maximum atomic E-state index is 14.2. The molecule has 2 amide bonds. The van der Waals surface area contributed by atoms with Gasteiger partial charge in [0.15, 0.2) is 6.10 Å². The molecule has 0 aromatic heterocycles. The number of likely N-dealkylation sites (N-methyl/N-ethyl adjacent to an activating group) is 1. The molecule has 1 aliphatic carbocycles. The minimum absolute atomic E-state index is 0.0687. The largest absolute Gasteiger partial charge is 0.441 e. The molecule has 4 N–H and O–H groups in total. The van der Waals surface area contributed by atoms with E-state index in [4.69, 9.17) is 0 Å². The summed E-state index contributed by atoms with van der Waals surface area (Å²) < 4.78 is 26.3. The molecule has 1 saturated heterocycles. The number of nitrogens with zero attached hydrogens (tertiary/aromatic N) is 2. The van der Waals surface area contributed by atoms with Gasteiger partial charge in [0.2, 0.25) is 15.9 Å². The zero-order valence-corrected chi connectivity index (χ0v) is 27.5. The van der Waals surface area contributed by atoms with Crippen LogP contribution in [0.15, 0.2) is 90.2 Å². The van der Waals surface area contributed by atoms with Crippen molar-refractivity contribution in [2.45, 2.75) is 70.7 Å². The summed E-state index contributed by atoms with van der Waals surface area (Å²) in [5.74, 6) is -0.679. The molecule has 0 spiro atoms. The van der Waals surface area contributed by atoms with E-state index in [0.29, 0.717) is 18.7 Å². The summed E-state index contributed by atoms with van der Waals surface area (Å²) in [6, 6.07) is 8.97. The third kappa shape index (κ3) is 9.27. The molecule has 1 aliphatic heterocycles. The minimum atomic E-state index is -3.66. The summed E-state index contributed by atoms with van der Waals surface area (Å²) in [5, 5.41) is 15.8. The molecule has 9 nitrogen and oxygen atoms in total. The van der Waals surface area contributed by atoms with Crippen LogP contribution in [0.1, 0.15) is 51.5 Å². The highest BCUT2D eigenvalue weighted by atomic mass is 32.2. The van der Waals surface area contributed by atoms with Gasteiger partial charge < -0.3 is 20.6 Å². The van der Waals surface area contributed by atoms with Gasteiger partial charge in [-0.15, -0.1) is 0 Å². The molecule has 1 aromatic rings. The number of sulfonamides is 1. The van der Waals surface area contributed by atoms with Crippen LogP contribution in [0.2, 0.25) is 0 Å². The summed E-state index contributed by atoms with van der Waals surface area (Å²) in [6.45, 7) is 8.58. The lowest BCUT2D eigenvalue weighted by Gasteiger charge is -2.36. The standard InChI is InChI=1S/C34H48N4O5S/c1-7-9-15-25(8-2)20-30(31(39)29-18-13-14-19-35-29)36-33(41)34(3)22-27(21-28(23-34)38(5)44(6,42)43)32(40)37(4)24-26-16-11-10-12-17-26/h7-12,15-17,21-22,29-31,35,39H,1,13-14,18-20,23-24H2,2-6H3,(H,36,41)/p+1/b15-9-,25-8+/t29?,30?,31?,34-/m0/s1. The Morgan fingerprint density at radius 1 is 1.23 bits per heavy atom. The maximum absolute atomic E-state index is 14.2. The van der Waals surface area contributed by atoms with Crippen LogP contribution in [-0.2, 0) is 26.2 Å². The number of nitrogens with one attached hydrogen (secondary N) is 2. The number of piperidine rings is 1. The second-order valence-corrected chi connectivity index (χ2v) is 14.0. The van der Waals surface area contributed by atoms with E-state index < -0.39 is 27.6 Å². The van der Waals surface area contributed by atoms with Crippen molar-refractivity contribution in [3.63, 3.8) is 0 Å². The summed E-state index contributed by atoms with van der Waals surface area (Å²) in [5.41, 5.74) is 1.26. The Morgan fingerprint density at radius 2 is 1.93 bits per heavy atom. The number of carbonyl (C=O) groups is 2. The molecule has 240 valence electrons. The predicted molar refractivity (Wildman–Crippen MR) is 177 cm³/mol. The van der Waals surface area contributed by atoms with Crippen LogP contribution in [0, 0.1) is 5.41 Å². The second kappa shape index (κ2) is 15.5. The van der Waals surface area contributed by atoms with Gasteiger partial charge in [0.1, 0.15) is 6.04 Å². The van der Waals surface area contributed by atoms with Crippen LogP contribution in [0.3, 0.4) is 0 Å². The summed E-state index contributed by atoms with van der Waals surface area (Å²) >= 11 is 0. The van der Waals surface area contributed by atoms with Gasteiger partial charge in [0.05, 0.1) is 17.7 Å². The van der Waals surface area contributed by atoms with Crippen LogP contribution < -0.4 is 10.6 Å². The molecule has 1 heterocycles. The van der Waals surface area contributed by atoms with Crippen molar-refractivity contribution in [1.82, 2.24) is 19.8 Å². The van der Waals surface area contributed by atoms with Crippen molar-refractivity contribution in [1.29, 1.82) is 0 Å². The fourth-order valence-electron chi connectivity index (χ4n) is 5.67. The molecule has 44 heavy (non-hydrogen) atoms. The van der Waals surface area contributed by atoms with Gasteiger partial charge >= 0.3 is 0 Å². The van der Waals surface area contributed by atoms with Gasteiger partial charge in [0, 0.05) is 44.8 Å². The van der Waals surface area contributed by atoms with E-state index in [1.165, 1.54) is 7.05 Å². The fourth-order valence-corrected chi connectivity index (χ4v) is 6.21. The van der Waals surface area contributed by atoms with E-state index in [9.17, 15) is 23.1 Å². The van der Waals surface area contributed by atoms with Crippen LogP contribution in [0.4, 0.5) is 0 Å². The molecule has 10 heteroatoms. The molecule has 3 unspecified atom stereocenters. The lowest BCUT2D eigenvalue weighted by molar-refractivity contribution is -0.130. The molecule has 1 fully saturated rings. The third-order valence-electron chi connectivity index (χ3n) is 8.43. The Hall–Kier alpha value is -3.47. The number of rotatable bonds is 13. The van der Waals surface area contributed by atoms with Crippen molar-refractivity contribution < 1.29 is 23.1 Å². The third-order valence-corrected chi connectivity index (χ3v) is 9.66. The number of carbonyl (C=O) groups excluding carboxylic acids is 2. The van der Waals surface area contributed by atoms with Gasteiger partial charge in [-0.2, -0.15) is 0 Å². The van der Waals surface area contributed by atoms with Crippen molar-refractivity contribution in [3.8, 4) is 0 Å². The number of allylic oxidation sites excluding steroid dienone is 5. The van der Waals surface area contributed by atoms with Gasteiger partial charge in [0.25, 0.3) is 5.91 Å². The van der Waals surface area contributed by atoms with Gasteiger partial charge in [-0.1, -0.05) is 73.7 Å². The number of hydrogen-bond acceptors (Lipinski definition) is 5. The van der Waals surface area contributed by atoms with Gasteiger partial charge in [-0.3, -0.25) is 13.9 Å². The second-order valence-electron chi connectivity index (χ2n) is 12.0. The van der Waals surface area contributed by atoms with Crippen LogP contribution in [-0.4, -0.2) is 79.6 Å².